The van der Waals surface area contributed by atoms with Crippen LogP contribution < -0.4 is 4.74 Å². The second kappa shape index (κ2) is 6.06. The summed E-state index contributed by atoms with van der Waals surface area (Å²) in [6, 6.07) is 7.95. The van der Waals surface area contributed by atoms with Gasteiger partial charge >= 0.3 is 0 Å². The molecule has 2 aliphatic rings. The average Bonchev–Trinajstić information content (AvgIpc) is 3.18. The Labute approximate surface area is 147 Å². The van der Waals surface area contributed by atoms with Crippen molar-refractivity contribution in [3.8, 4) is 5.75 Å². The molecule has 4 rings (SSSR count). The number of likely N-dealkylation sites (tertiary alicyclic amines) is 1. The van der Waals surface area contributed by atoms with Crippen LogP contribution in [0, 0.1) is 13.8 Å². The Balaban J connectivity index is 1.65. The van der Waals surface area contributed by atoms with Crippen LogP contribution in [-0.4, -0.2) is 33.7 Å². The summed E-state index contributed by atoms with van der Waals surface area (Å²) in [4.78, 5) is 15.2. The molecule has 1 saturated heterocycles. The maximum absolute atomic E-state index is 13.2. The van der Waals surface area contributed by atoms with Crippen LogP contribution >= 0.6 is 0 Å². The first-order valence-electron chi connectivity index (χ1n) is 8.79. The number of hydrogen-bond acceptors (Lipinski definition) is 3. The topological polar surface area (TPSA) is 47.4 Å². The van der Waals surface area contributed by atoms with Crippen LogP contribution in [0.5, 0.6) is 5.75 Å². The van der Waals surface area contributed by atoms with Crippen LogP contribution in [0.4, 0.5) is 0 Å². The molecule has 130 valence electrons. The maximum atomic E-state index is 13.2. The van der Waals surface area contributed by atoms with Gasteiger partial charge in [0.2, 0.25) is 0 Å². The number of para-hydroxylation sites is 1. The van der Waals surface area contributed by atoms with Gasteiger partial charge in [-0.1, -0.05) is 18.2 Å². The Bertz CT molecular complexity index is 866. The van der Waals surface area contributed by atoms with Gasteiger partial charge in [-0.15, -0.1) is 0 Å². The third-order valence-corrected chi connectivity index (χ3v) is 5.32. The van der Waals surface area contributed by atoms with Gasteiger partial charge in [0, 0.05) is 30.4 Å². The van der Waals surface area contributed by atoms with Gasteiger partial charge in [-0.05, 0) is 38.8 Å². The van der Waals surface area contributed by atoms with Crippen molar-refractivity contribution in [3.05, 3.63) is 52.4 Å². The molecule has 0 N–H and O–H groups in total. The Morgan fingerprint density at radius 3 is 2.84 bits per heavy atom. The van der Waals surface area contributed by atoms with E-state index >= 15 is 0 Å². The van der Waals surface area contributed by atoms with E-state index in [1.807, 2.05) is 53.9 Å². The zero-order valence-electron chi connectivity index (χ0n) is 15.0. The van der Waals surface area contributed by atoms with Gasteiger partial charge in [0.1, 0.15) is 12.4 Å². The van der Waals surface area contributed by atoms with Gasteiger partial charge in [-0.3, -0.25) is 9.48 Å². The lowest BCUT2D eigenvalue weighted by Crippen LogP contribution is -2.34. The molecule has 0 aliphatic carbocycles. The zero-order valence-corrected chi connectivity index (χ0v) is 15.0. The molecule has 0 saturated carbocycles. The molecule has 5 heteroatoms. The number of rotatable bonds is 2. The Morgan fingerprint density at radius 2 is 2.08 bits per heavy atom. The van der Waals surface area contributed by atoms with E-state index in [9.17, 15) is 4.79 Å². The highest BCUT2D eigenvalue weighted by Crippen LogP contribution is 2.37. The molecule has 1 amide bonds. The Kier molecular flexibility index (Phi) is 3.86. The first-order chi connectivity index (χ1) is 12.1. The number of benzene rings is 1. The molecular formula is C20H23N3O2. The van der Waals surface area contributed by atoms with Crippen LogP contribution in [0.3, 0.4) is 0 Å². The van der Waals surface area contributed by atoms with Crippen molar-refractivity contribution in [1.82, 2.24) is 14.7 Å². The van der Waals surface area contributed by atoms with Gasteiger partial charge in [-0.2, -0.15) is 5.10 Å². The molecule has 0 radical (unpaired) electrons. The lowest BCUT2D eigenvalue weighted by molar-refractivity contribution is -0.128. The highest BCUT2D eigenvalue weighted by molar-refractivity contribution is 5.99. The number of carbonyl (C=O) groups is 1. The largest absolute Gasteiger partial charge is 0.488 e. The van der Waals surface area contributed by atoms with E-state index < -0.39 is 0 Å². The Morgan fingerprint density at radius 1 is 1.28 bits per heavy atom. The summed E-state index contributed by atoms with van der Waals surface area (Å²) in [6.07, 6.45) is 3.98. The fourth-order valence-electron chi connectivity index (χ4n) is 4.01. The highest BCUT2D eigenvalue weighted by Gasteiger charge is 2.35. The van der Waals surface area contributed by atoms with E-state index in [0.717, 1.165) is 47.7 Å². The van der Waals surface area contributed by atoms with Crippen molar-refractivity contribution in [2.75, 3.05) is 13.2 Å². The molecule has 1 unspecified atom stereocenters. The summed E-state index contributed by atoms with van der Waals surface area (Å²) < 4.78 is 7.68. The number of nitrogens with zero attached hydrogens (tertiary/aromatic N) is 3. The van der Waals surface area contributed by atoms with E-state index in [4.69, 9.17) is 4.74 Å². The van der Waals surface area contributed by atoms with Crippen LogP contribution in [0.15, 0.2) is 29.8 Å². The minimum Gasteiger partial charge on any atom is -0.488 e. The third-order valence-electron chi connectivity index (χ3n) is 5.32. The number of ether oxygens (including phenoxy) is 1. The summed E-state index contributed by atoms with van der Waals surface area (Å²) in [6.45, 7) is 5.23. The second-order valence-corrected chi connectivity index (χ2v) is 6.86. The van der Waals surface area contributed by atoms with Crippen molar-refractivity contribution >= 4 is 12.0 Å². The predicted octanol–water partition coefficient (Wildman–Crippen LogP) is 3.18. The van der Waals surface area contributed by atoms with Gasteiger partial charge in [-0.25, -0.2) is 0 Å². The molecular weight excluding hydrogens is 314 g/mol. The van der Waals surface area contributed by atoms with E-state index in [-0.39, 0.29) is 11.9 Å². The molecule has 2 aromatic rings. The smallest absolute Gasteiger partial charge is 0.253 e. The normalized spacial score (nSPS) is 19.4. The summed E-state index contributed by atoms with van der Waals surface area (Å²) in [5.74, 6) is 0.927. The van der Waals surface area contributed by atoms with Crippen LogP contribution in [0.2, 0.25) is 0 Å². The molecule has 25 heavy (non-hydrogen) atoms. The monoisotopic (exact) mass is 337 g/mol. The first kappa shape index (κ1) is 15.9. The van der Waals surface area contributed by atoms with Gasteiger partial charge in [0.05, 0.1) is 17.3 Å². The maximum Gasteiger partial charge on any atom is 0.253 e. The molecule has 1 aromatic heterocycles. The van der Waals surface area contributed by atoms with Crippen molar-refractivity contribution < 1.29 is 9.53 Å². The zero-order chi connectivity index (χ0) is 17.6. The molecule has 0 spiro atoms. The number of hydrogen-bond donors (Lipinski definition) is 0. The lowest BCUT2D eigenvalue weighted by atomic mass is 10.0. The second-order valence-electron chi connectivity index (χ2n) is 6.86. The summed E-state index contributed by atoms with van der Waals surface area (Å²) in [5.41, 5.74) is 5.06. The van der Waals surface area contributed by atoms with Gasteiger partial charge < -0.3 is 9.64 Å². The fraction of sp³-hybridized carbons (Fsp3) is 0.400. The quantitative estimate of drug-likeness (QED) is 0.846. The number of carbonyl (C=O) groups excluding carboxylic acids is 1. The van der Waals surface area contributed by atoms with E-state index in [0.29, 0.717) is 6.61 Å². The van der Waals surface area contributed by atoms with Crippen LogP contribution in [0.1, 0.15) is 41.4 Å². The molecule has 2 aliphatic heterocycles. The summed E-state index contributed by atoms with van der Waals surface area (Å²) >= 11 is 0. The van der Waals surface area contributed by atoms with Gasteiger partial charge in [0.15, 0.2) is 0 Å². The molecule has 1 aromatic carbocycles. The lowest BCUT2D eigenvalue weighted by Gasteiger charge is -2.28. The van der Waals surface area contributed by atoms with Crippen molar-refractivity contribution in [3.63, 3.8) is 0 Å². The third kappa shape index (κ3) is 2.64. The minimum atomic E-state index is 0.0830. The molecule has 1 fully saturated rings. The summed E-state index contributed by atoms with van der Waals surface area (Å²) in [7, 11) is 1.96. The summed E-state index contributed by atoms with van der Waals surface area (Å²) in [5, 5.41) is 4.53. The fourth-order valence-corrected chi connectivity index (χ4v) is 4.01. The van der Waals surface area contributed by atoms with E-state index in [1.54, 1.807) is 0 Å². The number of fused-ring (bicyclic) bond motifs is 1. The average molecular weight is 337 g/mol. The van der Waals surface area contributed by atoms with Crippen molar-refractivity contribution in [1.29, 1.82) is 0 Å². The predicted molar refractivity (Wildman–Crippen MR) is 96.3 cm³/mol. The van der Waals surface area contributed by atoms with E-state index in [2.05, 4.69) is 12.0 Å². The number of aryl methyl sites for hydroxylation is 2. The molecule has 3 heterocycles. The number of aromatic nitrogens is 2. The van der Waals surface area contributed by atoms with Crippen molar-refractivity contribution in [2.24, 2.45) is 7.05 Å². The van der Waals surface area contributed by atoms with Crippen LogP contribution in [-0.2, 0) is 11.8 Å². The highest BCUT2D eigenvalue weighted by atomic mass is 16.5. The van der Waals surface area contributed by atoms with E-state index in [1.165, 1.54) is 5.56 Å². The number of amides is 1. The molecule has 1 atom stereocenters. The molecule has 5 nitrogen and oxygen atoms in total. The Hall–Kier alpha value is -2.56. The molecule has 0 bridgehead atoms. The first-order valence-corrected chi connectivity index (χ1v) is 8.79. The van der Waals surface area contributed by atoms with Crippen LogP contribution in [0.25, 0.3) is 6.08 Å². The van der Waals surface area contributed by atoms with Crippen molar-refractivity contribution in [2.45, 2.75) is 32.7 Å². The minimum absolute atomic E-state index is 0.0830. The standard InChI is InChI=1S/C20H23N3O2/c1-13-19(14(2)22(3)21-13)17-8-6-10-23(17)20(24)16-11-15-7-4-5-9-18(15)25-12-16/h4-5,7,9,11,17H,6,8,10,12H2,1-3H3. The van der Waals surface area contributed by atoms with Gasteiger partial charge in [0.25, 0.3) is 5.91 Å². The SMILES string of the molecule is Cc1nn(C)c(C)c1C1CCCN1C(=O)C1=Cc2ccccc2OC1.